The Labute approximate surface area is 156 Å². The predicted octanol–water partition coefficient (Wildman–Crippen LogP) is 3.68. The summed E-state index contributed by atoms with van der Waals surface area (Å²) in [7, 11) is 1.85. The van der Waals surface area contributed by atoms with Crippen LogP contribution in [0.3, 0.4) is 0 Å². The largest absolute Gasteiger partial charge is 0.464 e. The van der Waals surface area contributed by atoms with Crippen molar-refractivity contribution in [2.75, 3.05) is 0 Å². The van der Waals surface area contributed by atoms with Crippen molar-refractivity contribution in [1.82, 2.24) is 9.55 Å². The van der Waals surface area contributed by atoms with E-state index < -0.39 is 22.8 Å². The third-order valence-corrected chi connectivity index (χ3v) is 4.74. The monoisotopic (exact) mass is 394 g/mol. The van der Waals surface area contributed by atoms with Crippen LogP contribution in [0.5, 0.6) is 5.75 Å². The van der Waals surface area contributed by atoms with Gasteiger partial charge in [0.05, 0.1) is 10.8 Å². The number of benzene rings is 1. The molecule has 1 aromatic carbocycles. The number of aryl methyl sites for hydroxylation is 1. The summed E-state index contributed by atoms with van der Waals surface area (Å²) in [5.74, 6) is -1.51. The van der Waals surface area contributed by atoms with E-state index >= 15 is 0 Å². The van der Waals surface area contributed by atoms with Gasteiger partial charge in [0.25, 0.3) is 0 Å². The zero-order chi connectivity index (χ0) is 18.7. The molecule has 0 amide bonds. The molecule has 0 aliphatic heterocycles. The van der Waals surface area contributed by atoms with E-state index in [-0.39, 0.29) is 10.8 Å². The zero-order valence-corrected chi connectivity index (χ0v) is 15.0. The van der Waals surface area contributed by atoms with Crippen molar-refractivity contribution in [2.24, 2.45) is 7.05 Å². The highest BCUT2D eigenvalue weighted by atomic mass is 35.5. The van der Waals surface area contributed by atoms with Gasteiger partial charge in [0.15, 0.2) is 5.16 Å². The molecule has 3 aromatic rings. The Bertz CT molecular complexity index is 998. The first-order chi connectivity index (χ1) is 12.5. The van der Waals surface area contributed by atoms with Gasteiger partial charge in [-0.2, -0.15) is 0 Å². The fourth-order valence-electron chi connectivity index (χ4n) is 2.06. The number of carbonyl (C=O) groups excluding carboxylic acids is 1. The van der Waals surface area contributed by atoms with Crippen LogP contribution < -0.4 is 10.2 Å². The van der Waals surface area contributed by atoms with E-state index in [1.54, 1.807) is 12.4 Å². The fraction of sp³-hybridized carbons (Fsp3) is 0.118. The molecule has 2 aromatic heterocycles. The van der Waals surface area contributed by atoms with Gasteiger partial charge >= 0.3 is 5.97 Å². The number of ether oxygens (including phenoxy) is 1. The topological polar surface area (TPSA) is 74.3 Å². The molecule has 0 spiro atoms. The average Bonchev–Trinajstić information content (AvgIpc) is 3.00. The number of thioether (sulfide) groups is 1. The number of halogens is 2. The highest BCUT2D eigenvalue weighted by molar-refractivity contribution is 7.98. The van der Waals surface area contributed by atoms with Crippen LogP contribution in [0.25, 0.3) is 0 Å². The maximum atomic E-state index is 13.7. The summed E-state index contributed by atoms with van der Waals surface area (Å²) < 4.78 is 25.8. The lowest BCUT2D eigenvalue weighted by molar-refractivity contribution is 0.0724. The van der Waals surface area contributed by atoms with E-state index in [0.29, 0.717) is 11.5 Å². The van der Waals surface area contributed by atoms with Gasteiger partial charge in [0.2, 0.25) is 11.2 Å². The highest BCUT2D eigenvalue weighted by Gasteiger charge is 2.19. The van der Waals surface area contributed by atoms with E-state index in [1.165, 1.54) is 30.0 Å². The molecule has 0 atom stereocenters. The fourth-order valence-corrected chi connectivity index (χ4v) is 3.12. The SMILES string of the molecule is Cn1ccnc1SCc1cc(=O)c(OC(=O)c2c(F)cccc2Cl)co1. The van der Waals surface area contributed by atoms with Gasteiger partial charge < -0.3 is 13.7 Å². The molecule has 134 valence electrons. The molecule has 0 saturated heterocycles. The molecule has 2 heterocycles. The Morgan fingerprint density at radius 2 is 2.27 bits per heavy atom. The molecule has 0 aliphatic rings. The number of imidazole rings is 1. The molecule has 3 rings (SSSR count). The Morgan fingerprint density at radius 3 is 2.92 bits per heavy atom. The molecule has 6 nitrogen and oxygen atoms in total. The maximum absolute atomic E-state index is 13.7. The lowest BCUT2D eigenvalue weighted by Gasteiger charge is -2.06. The molecule has 9 heteroatoms. The smallest absolute Gasteiger partial charge is 0.348 e. The minimum atomic E-state index is -1.07. The molecular weight excluding hydrogens is 383 g/mol. The van der Waals surface area contributed by atoms with Crippen molar-refractivity contribution >= 4 is 29.3 Å². The normalized spacial score (nSPS) is 10.7. The average molecular weight is 395 g/mol. The lowest BCUT2D eigenvalue weighted by Crippen LogP contribution is -2.16. The molecule has 26 heavy (non-hydrogen) atoms. The van der Waals surface area contributed by atoms with Crippen LogP contribution in [0, 0.1) is 5.82 Å². The number of rotatable bonds is 5. The summed E-state index contributed by atoms with van der Waals surface area (Å²) in [6.45, 7) is 0. The van der Waals surface area contributed by atoms with Gasteiger partial charge in [-0.15, -0.1) is 0 Å². The van der Waals surface area contributed by atoms with Crippen LogP contribution >= 0.6 is 23.4 Å². The third-order valence-electron chi connectivity index (χ3n) is 3.34. The summed E-state index contributed by atoms with van der Waals surface area (Å²) in [6.07, 6.45) is 4.48. The molecule has 0 saturated carbocycles. The maximum Gasteiger partial charge on any atom is 0.348 e. The van der Waals surface area contributed by atoms with Gasteiger partial charge in [0, 0.05) is 25.5 Å². The van der Waals surface area contributed by atoms with Gasteiger partial charge in [-0.1, -0.05) is 29.4 Å². The molecule has 0 fully saturated rings. The summed E-state index contributed by atoms with van der Waals surface area (Å²) >= 11 is 7.19. The number of hydrogen-bond donors (Lipinski definition) is 0. The first-order valence-corrected chi connectivity index (χ1v) is 8.70. The van der Waals surface area contributed by atoms with Gasteiger partial charge in [-0.25, -0.2) is 14.2 Å². The van der Waals surface area contributed by atoms with Crippen LogP contribution in [0.15, 0.2) is 57.3 Å². The molecule has 0 N–H and O–H groups in total. The lowest BCUT2D eigenvalue weighted by atomic mass is 10.2. The Balaban J connectivity index is 1.73. The number of nitrogens with zero attached hydrogens (tertiary/aromatic N) is 2. The highest BCUT2D eigenvalue weighted by Crippen LogP contribution is 2.22. The van der Waals surface area contributed by atoms with E-state index in [1.807, 2.05) is 11.6 Å². The van der Waals surface area contributed by atoms with Crippen LogP contribution in [-0.2, 0) is 12.8 Å². The number of aromatic nitrogens is 2. The first kappa shape index (κ1) is 18.2. The number of carbonyl (C=O) groups is 1. The van der Waals surface area contributed by atoms with Crippen molar-refractivity contribution in [3.8, 4) is 5.75 Å². The standard InChI is InChI=1S/C17H12ClFN2O4S/c1-21-6-5-20-17(21)26-9-10-7-13(22)14(8-24-10)25-16(23)15-11(18)3-2-4-12(15)19/h2-8H,9H2,1H3. The second-order valence-corrected chi connectivity index (χ2v) is 6.52. The summed E-state index contributed by atoms with van der Waals surface area (Å²) in [4.78, 5) is 28.3. The third kappa shape index (κ3) is 3.97. The van der Waals surface area contributed by atoms with Crippen LogP contribution in [0.4, 0.5) is 4.39 Å². The quantitative estimate of drug-likeness (QED) is 0.485. The molecule has 0 bridgehead atoms. The number of hydrogen-bond acceptors (Lipinski definition) is 6. The molecule has 0 radical (unpaired) electrons. The van der Waals surface area contributed by atoms with E-state index in [2.05, 4.69) is 4.98 Å². The summed E-state index contributed by atoms with van der Waals surface area (Å²) in [5.41, 5.74) is -1.00. The van der Waals surface area contributed by atoms with Gasteiger partial charge in [0.1, 0.15) is 23.4 Å². The summed E-state index contributed by atoms with van der Waals surface area (Å²) in [6, 6.07) is 4.99. The predicted molar refractivity (Wildman–Crippen MR) is 94.1 cm³/mol. The Hall–Kier alpha value is -2.58. The van der Waals surface area contributed by atoms with Crippen LogP contribution in [0.1, 0.15) is 16.1 Å². The van der Waals surface area contributed by atoms with Crippen molar-refractivity contribution in [3.63, 3.8) is 0 Å². The number of esters is 1. The van der Waals surface area contributed by atoms with Gasteiger partial charge in [-0.3, -0.25) is 4.79 Å². The minimum absolute atomic E-state index is 0.109. The van der Waals surface area contributed by atoms with E-state index in [9.17, 15) is 14.0 Å². The van der Waals surface area contributed by atoms with Crippen molar-refractivity contribution in [2.45, 2.75) is 10.9 Å². The minimum Gasteiger partial charge on any atom is -0.464 e. The summed E-state index contributed by atoms with van der Waals surface area (Å²) in [5, 5.41) is 0.653. The van der Waals surface area contributed by atoms with E-state index in [4.69, 9.17) is 20.8 Å². The van der Waals surface area contributed by atoms with Gasteiger partial charge in [-0.05, 0) is 12.1 Å². The van der Waals surface area contributed by atoms with Crippen molar-refractivity contribution < 1.29 is 18.3 Å². The van der Waals surface area contributed by atoms with Crippen molar-refractivity contribution in [1.29, 1.82) is 0 Å². The Kier molecular flexibility index (Phi) is 5.43. The second kappa shape index (κ2) is 7.76. The molecule has 0 unspecified atom stereocenters. The van der Waals surface area contributed by atoms with Crippen LogP contribution in [-0.4, -0.2) is 15.5 Å². The molecular formula is C17H12ClFN2O4S. The molecule has 0 aliphatic carbocycles. The Morgan fingerprint density at radius 1 is 1.46 bits per heavy atom. The van der Waals surface area contributed by atoms with Crippen LogP contribution in [0.2, 0.25) is 5.02 Å². The first-order valence-electron chi connectivity index (χ1n) is 7.33. The van der Waals surface area contributed by atoms with E-state index in [0.717, 1.165) is 17.5 Å². The second-order valence-electron chi connectivity index (χ2n) is 5.17. The van der Waals surface area contributed by atoms with Crippen molar-refractivity contribution in [3.05, 3.63) is 75.3 Å². The zero-order valence-electron chi connectivity index (χ0n) is 13.4.